The minimum Gasteiger partial charge on any atom is -0.395 e. The first-order chi connectivity index (χ1) is 6.05. The Labute approximate surface area is 83.2 Å². The molecule has 0 aliphatic carbocycles. The third-order valence-corrected chi connectivity index (χ3v) is 4.76. The molecule has 0 radical (unpaired) electrons. The van der Waals surface area contributed by atoms with Crippen LogP contribution in [0.2, 0.25) is 0 Å². The van der Waals surface area contributed by atoms with E-state index in [1.165, 1.54) is 6.26 Å². The number of hydrogen-bond donors (Lipinski definition) is 1. The highest BCUT2D eigenvalue weighted by Gasteiger charge is 2.30. The monoisotopic (exact) mass is 225 g/mol. The van der Waals surface area contributed by atoms with Crippen LogP contribution in [0.25, 0.3) is 0 Å². The molecule has 4 nitrogen and oxygen atoms in total. The van der Waals surface area contributed by atoms with Gasteiger partial charge in [0.2, 0.25) is 0 Å². The van der Waals surface area contributed by atoms with E-state index in [0.29, 0.717) is 12.3 Å². The molecule has 6 heteroatoms. The van der Waals surface area contributed by atoms with Crippen LogP contribution >= 0.6 is 11.8 Å². The first-order valence-electron chi connectivity index (χ1n) is 4.17. The van der Waals surface area contributed by atoms with Crippen LogP contribution in [0.15, 0.2) is 0 Å². The summed E-state index contributed by atoms with van der Waals surface area (Å²) < 4.78 is 22.7. The third-order valence-electron chi connectivity index (χ3n) is 2.07. The Morgan fingerprint density at radius 1 is 1.62 bits per heavy atom. The third kappa shape index (κ3) is 3.12. The lowest BCUT2D eigenvalue weighted by Gasteiger charge is -2.33. The maximum absolute atomic E-state index is 11.3. The van der Waals surface area contributed by atoms with Crippen molar-refractivity contribution in [3.63, 3.8) is 0 Å². The number of aliphatic hydroxyl groups excluding tert-OH is 1. The van der Waals surface area contributed by atoms with Crippen LogP contribution < -0.4 is 0 Å². The zero-order valence-corrected chi connectivity index (χ0v) is 9.27. The van der Waals surface area contributed by atoms with Crippen LogP contribution in [-0.4, -0.2) is 61.3 Å². The predicted molar refractivity (Wildman–Crippen MR) is 54.6 cm³/mol. The molecular formula is C7H15NO3S2. The summed E-state index contributed by atoms with van der Waals surface area (Å²) in [5, 5.41) is 8.35. The smallest absolute Gasteiger partial charge is 0.164 e. The van der Waals surface area contributed by atoms with Crippen molar-refractivity contribution >= 4 is 21.6 Å². The van der Waals surface area contributed by atoms with E-state index in [-0.39, 0.29) is 6.61 Å². The maximum Gasteiger partial charge on any atom is 0.164 e. The van der Waals surface area contributed by atoms with Gasteiger partial charge in [-0.3, -0.25) is 4.90 Å². The average Bonchev–Trinajstić information content (AvgIpc) is 2.04. The Balaban J connectivity index is 2.67. The minimum absolute atomic E-state index is 0.0245. The SMILES string of the molecule is CS(=O)(=O)C1CSCCN1CCO. The molecule has 1 heterocycles. The summed E-state index contributed by atoms with van der Waals surface area (Å²) in [6, 6.07) is 0. The topological polar surface area (TPSA) is 57.6 Å². The van der Waals surface area contributed by atoms with Crippen LogP contribution in [0.4, 0.5) is 0 Å². The second kappa shape index (κ2) is 4.63. The summed E-state index contributed by atoms with van der Waals surface area (Å²) in [5.74, 6) is 1.57. The number of thioether (sulfide) groups is 1. The van der Waals surface area contributed by atoms with Crippen molar-refractivity contribution < 1.29 is 13.5 Å². The van der Waals surface area contributed by atoms with Crippen LogP contribution in [0.5, 0.6) is 0 Å². The second-order valence-corrected chi connectivity index (χ2v) is 6.47. The highest BCUT2D eigenvalue weighted by molar-refractivity contribution is 8.00. The summed E-state index contributed by atoms with van der Waals surface area (Å²) in [6.07, 6.45) is 1.26. The molecule has 1 saturated heterocycles. The van der Waals surface area contributed by atoms with Crippen molar-refractivity contribution in [2.75, 3.05) is 37.5 Å². The van der Waals surface area contributed by atoms with Gasteiger partial charge in [-0.05, 0) is 0 Å². The number of hydrogen-bond acceptors (Lipinski definition) is 5. The molecule has 1 rings (SSSR count). The molecule has 1 aliphatic heterocycles. The molecule has 78 valence electrons. The molecule has 1 fully saturated rings. The van der Waals surface area contributed by atoms with Crippen molar-refractivity contribution in [1.29, 1.82) is 0 Å². The Bertz CT molecular complexity index is 250. The lowest BCUT2D eigenvalue weighted by molar-refractivity contribution is 0.193. The molecule has 0 spiro atoms. The molecule has 0 aromatic heterocycles. The first kappa shape index (κ1) is 11.3. The molecule has 1 N–H and O–H groups in total. The average molecular weight is 225 g/mol. The number of rotatable bonds is 3. The minimum atomic E-state index is -3.00. The Hall–Kier alpha value is 0.220. The summed E-state index contributed by atoms with van der Waals surface area (Å²) in [5.41, 5.74) is 0. The molecular weight excluding hydrogens is 210 g/mol. The Morgan fingerprint density at radius 3 is 2.85 bits per heavy atom. The summed E-state index contributed by atoms with van der Waals surface area (Å²) in [7, 11) is -3.00. The van der Waals surface area contributed by atoms with Gasteiger partial charge in [0.05, 0.1) is 6.61 Å². The molecule has 0 amide bonds. The molecule has 1 aliphatic rings. The van der Waals surface area contributed by atoms with E-state index < -0.39 is 15.2 Å². The van der Waals surface area contributed by atoms with Gasteiger partial charge in [-0.2, -0.15) is 11.8 Å². The van der Waals surface area contributed by atoms with E-state index >= 15 is 0 Å². The van der Waals surface area contributed by atoms with E-state index in [0.717, 1.165) is 12.3 Å². The van der Waals surface area contributed by atoms with Crippen LogP contribution in [-0.2, 0) is 9.84 Å². The normalized spacial score (nSPS) is 26.2. The fraction of sp³-hybridized carbons (Fsp3) is 1.00. The van der Waals surface area contributed by atoms with Gasteiger partial charge in [-0.25, -0.2) is 8.42 Å². The molecule has 1 atom stereocenters. The lowest BCUT2D eigenvalue weighted by atomic mass is 10.5. The van der Waals surface area contributed by atoms with Gasteiger partial charge < -0.3 is 5.11 Å². The quantitative estimate of drug-likeness (QED) is 0.695. The lowest BCUT2D eigenvalue weighted by Crippen LogP contribution is -2.47. The standard InChI is InChI=1S/C7H15NO3S2/c1-13(10,11)7-6-12-5-3-8(7)2-4-9/h7,9H,2-6H2,1H3. The van der Waals surface area contributed by atoms with Gasteiger partial charge in [0.15, 0.2) is 9.84 Å². The highest BCUT2D eigenvalue weighted by Crippen LogP contribution is 2.19. The zero-order chi connectivity index (χ0) is 9.90. The van der Waals surface area contributed by atoms with Crippen molar-refractivity contribution in [2.45, 2.75) is 5.37 Å². The largest absolute Gasteiger partial charge is 0.395 e. The van der Waals surface area contributed by atoms with Gasteiger partial charge in [-0.15, -0.1) is 0 Å². The van der Waals surface area contributed by atoms with Crippen LogP contribution in [0.3, 0.4) is 0 Å². The van der Waals surface area contributed by atoms with E-state index in [1.54, 1.807) is 11.8 Å². The number of nitrogens with zero attached hydrogens (tertiary/aromatic N) is 1. The molecule has 0 saturated carbocycles. The van der Waals surface area contributed by atoms with Gasteiger partial charge >= 0.3 is 0 Å². The van der Waals surface area contributed by atoms with Gasteiger partial charge in [-0.1, -0.05) is 0 Å². The second-order valence-electron chi connectivity index (χ2n) is 3.12. The van der Waals surface area contributed by atoms with Gasteiger partial charge in [0.1, 0.15) is 5.37 Å². The summed E-state index contributed by atoms with van der Waals surface area (Å²) in [6.45, 7) is 1.23. The first-order valence-corrected chi connectivity index (χ1v) is 7.28. The van der Waals surface area contributed by atoms with E-state index in [2.05, 4.69) is 0 Å². The van der Waals surface area contributed by atoms with Gasteiger partial charge in [0, 0.05) is 30.9 Å². The van der Waals surface area contributed by atoms with Crippen LogP contribution in [0.1, 0.15) is 0 Å². The summed E-state index contributed by atoms with van der Waals surface area (Å²) in [4.78, 5) is 1.84. The Kier molecular flexibility index (Phi) is 4.03. The molecule has 0 aromatic rings. The number of aliphatic hydroxyl groups is 1. The summed E-state index contributed by atoms with van der Waals surface area (Å²) >= 11 is 1.66. The predicted octanol–water partition coefficient (Wildman–Crippen LogP) is -0.602. The van der Waals surface area contributed by atoms with E-state index in [1.807, 2.05) is 4.90 Å². The molecule has 0 bridgehead atoms. The van der Waals surface area contributed by atoms with E-state index in [9.17, 15) is 8.42 Å². The number of β-amino-alcohol motifs (C(OH)–C–C–N with tert-alkyl or cyclic N) is 1. The Morgan fingerprint density at radius 2 is 2.31 bits per heavy atom. The fourth-order valence-corrected chi connectivity index (χ4v) is 4.37. The van der Waals surface area contributed by atoms with Crippen molar-refractivity contribution in [3.05, 3.63) is 0 Å². The van der Waals surface area contributed by atoms with Crippen LogP contribution in [0, 0.1) is 0 Å². The van der Waals surface area contributed by atoms with Crippen molar-refractivity contribution in [2.24, 2.45) is 0 Å². The molecule has 13 heavy (non-hydrogen) atoms. The fourth-order valence-electron chi connectivity index (χ4n) is 1.39. The van der Waals surface area contributed by atoms with Crippen molar-refractivity contribution in [1.82, 2.24) is 4.90 Å². The van der Waals surface area contributed by atoms with Crippen molar-refractivity contribution in [3.8, 4) is 0 Å². The maximum atomic E-state index is 11.3. The zero-order valence-electron chi connectivity index (χ0n) is 7.64. The molecule has 1 unspecified atom stereocenters. The van der Waals surface area contributed by atoms with E-state index in [4.69, 9.17) is 5.11 Å². The highest BCUT2D eigenvalue weighted by atomic mass is 32.2. The van der Waals surface area contributed by atoms with Gasteiger partial charge in [0.25, 0.3) is 0 Å². The molecule has 0 aromatic carbocycles. The number of sulfone groups is 1.